The van der Waals surface area contributed by atoms with Crippen molar-refractivity contribution in [3.8, 4) is 39.4 Å². The molecule has 34 heavy (non-hydrogen) atoms. The number of ether oxygens (including phenoxy) is 1. The molecule has 0 saturated carbocycles. The summed E-state index contributed by atoms with van der Waals surface area (Å²) in [6, 6.07) is 17.4. The third-order valence-corrected chi connectivity index (χ3v) is 6.05. The summed E-state index contributed by atoms with van der Waals surface area (Å²) in [5, 5.41) is 0.467. The molecule has 166 valence electrons. The Bertz CT molecular complexity index is 1660. The van der Waals surface area contributed by atoms with Crippen molar-refractivity contribution >= 4 is 11.0 Å². The minimum Gasteiger partial charge on any atom is -0.488 e. The zero-order chi connectivity index (χ0) is 23.4. The normalized spacial score (nSPS) is 12.2. The van der Waals surface area contributed by atoms with E-state index in [1.807, 2.05) is 13.0 Å². The number of fused-ring (bicyclic) bond motifs is 4. The highest BCUT2D eigenvalue weighted by Gasteiger charge is 2.26. The average Bonchev–Trinajstić information content (AvgIpc) is 2.84. The summed E-state index contributed by atoms with van der Waals surface area (Å²) in [6.45, 7) is 2.07. The molecular formula is C28H17F2NO3. The van der Waals surface area contributed by atoms with Crippen LogP contribution in [0.3, 0.4) is 0 Å². The maximum Gasteiger partial charge on any atom is 0.200 e. The Hall–Kier alpha value is -4.32. The zero-order valence-electron chi connectivity index (χ0n) is 18.1. The highest BCUT2D eigenvalue weighted by atomic mass is 19.1. The molecule has 0 unspecified atom stereocenters. The van der Waals surface area contributed by atoms with E-state index < -0.39 is 5.82 Å². The predicted molar refractivity (Wildman–Crippen MR) is 126 cm³/mol. The van der Waals surface area contributed by atoms with Gasteiger partial charge in [-0.25, -0.2) is 13.8 Å². The van der Waals surface area contributed by atoms with Crippen LogP contribution >= 0.6 is 0 Å². The summed E-state index contributed by atoms with van der Waals surface area (Å²) in [5.41, 5.74) is 5.02. The number of rotatable bonds is 2. The maximum absolute atomic E-state index is 14.2. The Morgan fingerprint density at radius 3 is 2.47 bits per heavy atom. The number of nitrogens with zero attached hydrogens (tertiary/aromatic N) is 1. The summed E-state index contributed by atoms with van der Waals surface area (Å²) in [7, 11) is 0. The third kappa shape index (κ3) is 3.27. The number of aryl methyl sites for hydroxylation is 1. The second-order valence-electron chi connectivity index (χ2n) is 8.30. The van der Waals surface area contributed by atoms with Gasteiger partial charge in [-0.3, -0.25) is 4.79 Å². The first-order chi connectivity index (χ1) is 16.5. The molecule has 0 N–H and O–H groups in total. The first-order valence-electron chi connectivity index (χ1n) is 10.7. The van der Waals surface area contributed by atoms with Crippen LogP contribution in [-0.2, 0) is 6.61 Å². The van der Waals surface area contributed by atoms with Crippen molar-refractivity contribution in [2.45, 2.75) is 13.5 Å². The molecule has 1 aliphatic heterocycles. The number of pyridine rings is 1. The van der Waals surface area contributed by atoms with Crippen LogP contribution in [-0.4, -0.2) is 4.98 Å². The van der Waals surface area contributed by atoms with Gasteiger partial charge in [-0.1, -0.05) is 11.6 Å². The molecule has 6 rings (SSSR count). The van der Waals surface area contributed by atoms with Crippen molar-refractivity contribution in [3.63, 3.8) is 0 Å². The summed E-state index contributed by atoms with van der Waals surface area (Å²) in [5.74, 6) is -0.288. The number of halogens is 2. The van der Waals surface area contributed by atoms with Gasteiger partial charge in [0.05, 0.1) is 22.3 Å². The number of hydrogen-bond donors (Lipinski definition) is 0. The van der Waals surface area contributed by atoms with Gasteiger partial charge in [0.25, 0.3) is 0 Å². The van der Waals surface area contributed by atoms with Gasteiger partial charge in [0, 0.05) is 16.7 Å². The lowest BCUT2D eigenvalue weighted by molar-refractivity contribution is 0.301. The highest BCUT2D eigenvalue weighted by Crippen LogP contribution is 2.42. The quantitative estimate of drug-likeness (QED) is 0.300. The number of benzene rings is 3. The van der Waals surface area contributed by atoms with E-state index in [0.717, 1.165) is 5.56 Å². The van der Waals surface area contributed by atoms with Crippen LogP contribution in [0.25, 0.3) is 44.6 Å². The molecule has 3 aromatic carbocycles. The van der Waals surface area contributed by atoms with E-state index in [2.05, 4.69) is 0 Å². The van der Waals surface area contributed by atoms with E-state index >= 15 is 0 Å². The van der Waals surface area contributed by atoms with Gasteiger partial charge < -0.3 is 9.15 Å². The summed E-state index contributed by atoms with van der Waals surface area (Å²) in [6.07, 6.45) is 1.44. The summed E-state index contributed by atoms with van der Waals surface area (Å²) >= 11 is 0. The summed E-state index contributed by atoms with van der Waals surface area (Å²) < 4.78 is 39.4. The Kier molecular flexibility index (Phi) is 4.55. The van der Waals surface area contributed by atoms with Crippen molar-refractivity contribution in [3.05, 3.63) is 106 Å². The Balaban J connectivity index is 1.67. The molecule has 2 aromatic heterocycles. The van der Waals surface area contributed by atoms with E-state index in [0.29, 0.717) is 55.9 Å². The lowest BCUT2D eigenvalue weighted by Gasteiger charge is -2.23. The molecule has 0 fully saturated rings. The van der Waals surface area contributed by atoms with Gasteiger partial charge in [0.1, 0.15) is 35.8 Å². The van der Waals surface area contributed by atoms with Crippen molar-refractivity contribution < 1.29 is 17.9 Å². The molecule has 5 aromatic rings. The molecule has 0 aliphatic carbocycles. The standard InChI is InChI=1S/C28H17F2NO3/c1-15-2-8-26-21(10-15)28(32)23(14-34-26)19-12-24(16-3-5-17(29)6-4-16)31-27-20-11-18(30)7-9-25(20)33-13-22(19)27/h2-12,14H,13H2,1H3. The predicted octanol–water partition coefficient (Wildman–Crippen LogP) is 6.67. The van der Waals surface area contributed by atoms with Crippen molar-refractivity contribution in [1.82, 2.24) is 4.98 Å². The fraction of sp³-hybridized carbons (Fsp3) is 0.0714. The van der Waals surface area contributed by atoms with Gasteiger partial charge in [0.15, 0.2) is 0 Å². The second-order valence-corrected chi connectivity index (χ2v) is 8.30. The van der Waals surface area contributed by atoms with Gasteiger partial charge >= 0.3 is 0 Å². The maximum atomic E-state index is 14.2. The van der Waals surface area contributed by atoms with Gasteiger partial charge in [-0.15, -0.1) is 0 Å². The van der Waals surface area contributed by atoms with E-state index in [-0.39, 0.29) is 17.9 Å². The topological polar surface area (TPSA) is 52.3 Å². The zero-order valence-corrected chi connectivity index (χ0v) is 18.1. The van der Waals surface area contributed by atoms with Crippen molar-refractivity contribution in [2.75, 3.05) is 0 Å². The van der Waals surface area contributed by atoms with Gasteiger partial charge in [0.2, 0.25) is 5.43 Å². The highest BCUT2D eigenvalue weighted by molar-refractivity contribution is 5.87. The molecule has 3 heterocycles. The largest absolute Gasteiger partial charge is 0.488 e. The monoisotopic (exact) mass is 453 g/mol. The van der Waals surface area contributed by atoms with Crippen molar-refractivity contribution in [1.29, 1.82) is 0 Å². The van der Waals surface area contributed by atoms with E-state index in [1.54, 1.807) is 36.4 Å². The van der Waals surface area contributed by atoms with E-state index in [9.17, 15) is 13.6 Å². The van der Waals surface area contributed by atoms with Crippen LogP contribution in [0.5, 0.6) is 5.75 Å². The first kappa shape index (κ1) is 20.3. The van der Waals surface area contributed by atoms with Crippen LogP contribution in [0.15, 0.2) is 82.2 Å². The Morgan fingerprint density at radius 2 is 1.65 bits per heavy atom. The molecular weight excluding hydrogens is 436 g/mol. The average molecular weight is 453 g/mol. The fourth-order valence-electron chi connectivity index (χ4n) is 4.34. The van der Waals surface area contributed by atoms with E-state index in [4.69, 9.17) is 14.1 Å². The van der Waals surface area contributed by atoms with Gasteiger partial charge in [-0.2, -0.15) is 0 Å². The van der Waals surface area contributed by atoms with Crippen LogP contribution in [0.1, 0.15) is 11.1 Å². The van der Waals surface area contributed by atoms with Crippen LogP contribution < -0.4 is 10.2 Å². The van der Waals surface area contributed by atoms with Crippen molar-refractivity contribution in [2.24, 2.45) is 0 Å². The molecule has 0 atom stereocenters. The smallest absolute Gasteiger partial charge is 0.200 e. The van der Waals surface area contributed by atoms with Gasteiger partial charge in [-0.05, 0) is 73.2 Å². The van der Waals surface area contributed by atoms with E-state index in [1.165, 1.54) is 30.5 Å². The molecule has 0 amide bonds. The fourth-order valence-corrected chi connectivity index (χ4v) is 4.34. The molecule has 1 aliphatic rings. The van der Waals surface area contributed by atoms with Crippen LogP contribution in [0.4, 0.5) is 8.78 Å². The molecule has 0 spiro atoms. The minimum absolute atomic E-state index is 0.158. The molecule has 0 radical (unpaired) electrons. The minimum atomic E-state index is -0.425. The summed E-state index contributed by atoms with van der Waals surface area (Å²) in [4.78, 5) is 18.3. The second kappa shape index (κ2) is 7.63. The molecule has 4 nitrogen and oxygen atoms in total. The lowest BCUT2D eigenvalue weighted by Crippen LogP contribution is -2.13. The first-order valence-corrected chi connectivity index (χ1v) is 10.7. The molecule has 0 saturated heterocycles. The molecule has 6 heteroatoms. The van der Waals surface area contributed by atoms with Crippen LogP contribution in [0.2, 0.25) is 0 Å². The Morgan fingerprint density at radius 1 is 0.853 bits per heavy atom. The lowest BCUT2D eigenvalue weighted by atomic mass is 9.92. The SMILES string of the molecule is Cc1ccc2occ(-c3cc(-c4ccc(F)cc4)nc4c3COc3ccc(F)cc3-4)c(=O)c2c1. The number of aromatic nitrogens is 1. The third-order valence-electron chi connectivity index (χ3n) is 6.05. The Labute approximate surface area is 193 Å². The number of hydrogen-bond acceptors (Lipinski definition) is 4. The van der Waals surface area contributed by atoms with Crippen LogP contribution in [0, 0.1) is 18.6 Å². The molecule has 0 bridgehead atoms.